The second-order valence-corrected chi connectivity index (χ2v) is 7.54. The lowest BCUT2D eigenvalue weighted by molar-refractivity contribution is -0.130. The van der Waals surface area contributed by atoms with Gasteiger partial charge in [-0.1, -0.05) is 40.5 Å². The van der Waals surface area contributed by atoms with Crippen LogP contribution < -0.4 is 5.32 Å². The zero-order valence-corrected chi connectivity index (χ0v) is 15.5. The van der Waals surface area contributed by atoms with Gasteiger partial charge in [0.2, 0.25) is 5.91 Å². The van der Waals surface area contributed by atoms with E-state index in [2.05, 4.69) is 31.4 Å². The normalized spacial score (nSPS) is 17.0. The van der Waals surface area contributed by atoms with Crippen molar-refractivity contribution in [1.29, 1.82) is 0 Å². The molecule has 0 spiro atoms. The van der Waals surface area contributed by atoms with Gasteiger partial charge in [0.25, 0.3) is 0 Å². The molecule has 1 amide bonds. The summed E-state index contributed by atoms with van der Waals surface area (Å²) in [5, 5.41) is 11.6. The molecule has 1 aromatic carbocycles. The zero-order valence-electron chi connectivity index (χ0n) is 13.9. The van der Waals surface area contributed by atoms with Crippen molar-refractivity contribution in [3.63, 3.8) is 0 Å². The predicted molar refractivity (Wildman–Crippen MR) is 99.2 cm³/mol. The maximum Gasteiger partial charge on any atom is 0.231 e. The van der Waals surface area contributed by atoms with Crippen LogP contribution >= 0.6 is 15.9 Å². The van der Waals surface area contributed by atoms with Gasteiger partial charge in [-0.15, -0.1) is 10.2 Å². The van der Waals surface area contributed by atoms with E-state index in [4.69, 9.17) is 0 Å². The molecule has 2 heterocycles. The number of hydrogen-bond donors (Lipinski definition) is 1. The van der Waals surface area contributed by atoms with Gasteiger partial charge in [-0.25, -0.2) is 0 Å². The van der Waals surface area contributed by atoms with E-state index in [1.165, 1.54) is 0 Å². The van der Waals surface area contributed by atoms with Gasteiger partial charge in [0, 0.05) is 10.7 Å². The number of nitrogens with zero attached hydrogens (tertiary/aromatic N) is 3. The van der Waals surface area contributed by atoms with Gasteiger partial charge in [0.1, 0.15) is 0 Å². The standard InChI is InChI=1S/C19H19BrN4O/c1-13(17-23-22-16-5-2-3-12-24(16)17)21-18(25)19(10-4-11-19)14-6-8-15(20)9-7-14/h2-3,5-9,12-13H,4,10-11H2,1H3,(H,21,25). The lowest BCUT2D eigenvalue weighted by Crippen LogP contribution is -2.50. The maximum atomic E-state index is 13.1. The molecule has 25 heavy (non-hydrogen) atoms. The summed E-state index contributed by atoms with van der Waals surface area (Å²) in [5.41, 5.74) is 1.44. The van der Waals surface area contributed by atoms with Crippen LogP contribution in [0.1, 0.15) is 43.6 Å². The number of nitrogens with one attached hydrogen (secondary N) is 1. The Hall–Kier alpha value is -2.21. The number of rotatable bonds is 4. The van der Waals surface area contributed by atoms with Crippen molar-refractivity contribution in [1.82, 2.24) is 19.9 Å². The van der Waals surface area contributed by atoms with E-state index in [0.29, 0.717) is 0 Å². The van der Waals surface area contributed by atoms with E-state index in [0.717, 1.165) is 40.8 Å². The molecule has 0 aliphatic heterocycles. The van der Waals surface area contributed by atoms with Gasteiger partial charge in [-0.3, -0.25) is 9.20 Å². The summed E-state index contributed by atoms with van der Waals surface area (Å²) in [6, 6.07) is 13.6. The number of pyridine rings is 1. The lowest BCUT2D eigenvalue weighted by Gasteiger charge is -2.41. The highest BCUT2D eigenvalue weighted by Crippen LogP contribution is 2.44. The Labute approximate surface area is 154 Å². The molecule has 1 atom stereocenters. The SMILES string of the molecule is CC(NC(=O)C1(c2ccc(Br)cc2)CCC1)c1nnc2ccccn12. The zero-order chi connectivity index (χ0) is 17.4. The van der Waals surface area contributed by atoms with E-state index in [1.807, 2.05) is 60.0 Å². The van der Waals surface area contributed by atoms with Crippen molar-refractivity contribution in [3.8, 4) is 0 Å². The third-order valence-corrected chi connectivity index (χ3v) is 5.64. The molecule has 0 saturated heterocycles. The van der Waals surface area contributed by atoms with Gasteiger partial charge in [0.05, 0.1) is 11.5 Å². The molecule has 0 radical (unpaired) electrons. The Morgan fingerprint density at radius 2 is 1.96 bits per heavy atom. The Morgan fingerprint density at radius 3 is 2.64 bits per heavy atom. The first-order valence-electron chi connectivity index (χ1n) is 8.47. The Bertz CT molecular complexity index is 915. The number of carbonyl (C=O) groups excluding carboxylic acids is 1. The van der Waals surface area contributed by atoms with E-state index >= 15 is 0 Å². The Balaban J connectivity index is 1.59. The monoisotopic (exact) mass is 398 g/mol. The van der Waals surface area contributed by atoms with Crippen LogP contribution in [0, 0.1) is 0 Å². The molecule has 1 N–H and O–H groups in total. The second-order valence-electron chi connectivity index (χ2n) is 6.62. The van der Waals surface area contributed by atoms with Crippen LogP contribution in [0.5, 0.6) is 0 Å². The van der Waals surface area contributed by atoms with Crippen LogP contribution in [-0.2, 0) is 10.2 Å². The summed E-state index contributed by atoms with van der Waals surface area (Å²) < 4.78 is 2.94. The molecule has 6 heteroatoms. The summed E-state index contributed by atoms with van der Waals surface area (Å²) in [6.45, 7) is 1.95. The van der Waals surface area contributed by atoms with Gasteiger partial charge in [-0.2, -0.15) is 0 Å². The molecular formula is C19H19BrN4O. The van der Waals surface area contributed by atoms with Crippen molar-refractivity contribution in [2.75, 3.05) is 0 Å². The number of carbonyl (C=O) groups is 1. The fourth-order valence-electron chi connectivity index (χ4n) is 3.50. The number of aromatic nitrogens is 3. The molecule has 128 valence electrons. The Kier molecular flexibility index (Phi) is 4.07. The second kappa shape index (κ2) is 6.26. The van der Waals surface area contributed by atoms with E-state index in [1.54, 1.807) is 0 Å². The Morgan fingerprint density at radius 1 is 1.20 bits per heavy atom. The van der Waals surface area contributed by atoms with Gasteiger partial charge in [-0.05, 0) is 49.6 Å². The molecule has 1 aliphatic carbocycles. The van der Waals surface area contributed by atoms with Crippen LogP contribution in [-0.4, -0.2) is 20.5 Å². The van der Waals surface area contributed by atoms with Crippen LogP contribution in [0.25, 0.3) is 5.65 Å². The summed E-state index contributed by atoms with van der Waals surface area (Å²) in [7, 11) is 0. The summed E-state index contributed by atoms with van der Waals surface area (Å²) in [6.07, 6.45) is 4.76. The van der Waals surface area contributed by atoms with Gasteiger partial charge < -0.3 is 5.32 Å². The number of hydrogen-bond acceptors (Lipinski definition) is 3. The third kappa shape index (κ3) is 2.74. The predicted octanol–water partition coefficient (Wildman–Crippen LogP) is 3.79. The summed E-state index contributed by atoms with van der Waals surface area (Å²) >= 11 is 3.46. The highest BCUT2D eigenvalue weighted by atomic mass is 79.9. The first-order chi connectivity index (χ1) is 12.1. The van der Waals surface area contributed by atoms with Crippen molar-refractivity contribution < 1.29 is 4.79 Å². The molecule has 1 saturated carbocycles. The number of benzene rings is 1. The molecule has 1 unspecified atom stereocenters. The van der Waals surface area contributed by atoms with Gasteiger partial charge >= 0.3 is 0 Å². The number of fused-ring (bicyclic) bond motifs is 1. The summed E-state index contributed by atoms with van der Waals surface area (Å²) in [4.78, 5) is 13.1. The fraction of sp³-hybridized carbons (Fsp3) is 0.316. The van der Waals surface area contributed by atoms with Crippen LogP contribution in [0.4, 0.5) is 0 Å². The minimum atomic E-state index is -0.421. The van der Waals surface area contributed by atoms with Crippen molar-refractivity contribution >= 4 is 27.5 Å². The molecule has 2 aromatic heterocycles. The minimum absolute atomic E-state index is 0.0706. The number of amides is 1. The topological polar surface area (TPSA) is 59.3 Å². The molecular weight excluding hydrogens is 380 g/mol. The van der Waals surface area contributed by atoms with Crippen LogP contribution in [0.15, 0.2) is 53.1 Å². The average Bonchev–Trinajstić information content (AvgIpc) is 2.99. The van der Waals surface area contributed by atoms with Crippen molar-refractivity contribution in [2.24, 2.45) is 0 Å². The van der Waals surface area contributed by atoms with Crippen LogP contribution in [0.3, 0.4) is 0 Å². The highest BCUT2D eigenvalue weighted by Gasteiger charge is 2.46. The molecule has 5 nitrogen and oxygen atoms in total. The lowest BCUT2D eigenvalue weighted by atomic mass is 9.63. The number of halogens is 1. The fourth-order valence-corrected chi connectivity index (χ4v) is 3.76. The largest absolute Gasteiger partial charge is 0.346 e. The van der Waals surface area contributed by atoms with E-state index in [9.17, 15) is 4.79 Å². The molecule has 3 aromatic rings. The first kappa shape index (κ1) is 16.3. The molecule has 4 rings (SSSR count). The smallest absolute Gasteiger partial charge is 0.231 e. The minimum Gasteiger partial charge on any atom is -0.346 e. The molecule has 1 fully saturated rings. The molecule has 0 bridgehead atoms. The first-order valence-corrected chi connectivity index (χ1v) is 9.26. The summed E-state index contributed by atoms with van der Waals surface area (Å²) in [5.74, 6) is 0.815. The molecule has 1 aliphatic rings. The highest BCUT2D eigenvalue weighted by molar-refractivity contribution is 9.10. The quantitative estimate of drug-likeness (QED) is 0.726. The maximum absolute atomic E-state index is 13.1. The van der Waals surface area contributed by atoms with Crippen LogP contribution in [0.2, 0.25) is 0 Å². The van der Waals surface area contributed by atoms with E-state index < -0.39 is 5.41 Å². The van der Waals surface area contributed by atoms with E-state index in [-0.39, 0.29) is 11.9 Å². The average molecular weight is 399 g/mol. The van der Waals surface area contributed by atoms with Crippen molar-refractivity contribution in [3.05, 3.63) is 64.5 Å². The van der Waals surface area contributed by atoms with Gasteiger partial charge in [0.15, 0.2) is 11.5 Å². The third-order valence-electron chi connectivity index (χ3n) is 5.11. The van der Waals surface area contributed by atoms with Crippen molar-refractivity contribution in [2.45, 2.75) is 37.6 Å².